The molecule has 0 saturated carbocycles. The van der Waals surface area contributed by atoms with E-state index in [-0.39, 0.29) is 12.3 Å². The molecule has 0 bridgehead atoms. The summed E-state index contributed by atoms with van der Waals surface area (Å²) in [5, 5.41) is 0. The van der Waals surface area contributed by atoms with Crippen LogP contribution in [0.4, 0.5) is 5.69 Å². The van der Waals surface area contributed by atoms with Crippen LogP contribution in [0.3, 0.4) is 0 Å². The molecule has 0 fully saturated rings. The van der Waals surface area contributed by atoms with E-state index in [0.29, 0.717) is 0 Å². The summed E-state index contributed by atoms with van der Waals surface area (Å²) < 4.78 is 12.0. The lowest BCUT2D eigenvalue weighted by molar-refractivity contribution is 0.186. The summed E-state index contributed by atoms with van der Waals surface area (Å²) in [6.07, 6.45) is 0.0424. The molecule has 2 aromatic carbocycles. The van der Waals surface area contributed by atoms with Crippen LogP contribution in [0.15, 0.2) is 54.6 Å². The highest BCUT2D eigenvalue weighted by atomic mass is 16.5. The van der Waals surface area contributed by atoms with Crippen molar-refractivity contribution in [1.29, 1.82) is 0 Å². The fourth-order valence-corrected chi connectivity index (χ4v) is 2.42. The zero-order valence-electron chi connectivity index (χ0n) is 13.8. The normalized spacial score (nSPS) is 12.0. The fraction of sp³-hybridized carbons (Fsp3) is 0.368. The van der Waals surface area contributed by atoms with E-state index in [0.717, 1.165) is 23.7 Å². The minimum absolute atomic E-state index is 0.0793. The van der Waals surface area contributed by atoms with Gasteiger partial charge < -0.3 is 14.4 Å². The lowest BCUT2D eigenvalue weighted by Gasteiger charge is -2.31. The van der Waals surface area contributed by atoms with Gasteiger partial charge in [-0.2, -0.15) is 0 Å². The van der Waals surface area contributed by atoms with Gasteiger partial charge in [0.15, 0.2) is 17.7 Å². The number of hydrogen-bond donors (Lipinski definition) is 0. The summed E-state index contributed by atoms with van der Waals surface area (Å²) in [5.74, 6) is 1.56. The van der Waals surface area contributed by atoms with Gasteiger partial charge in [-0.25, -0.2) is 0 Å². The van der Waals surface area contributed by atoms with E-state index in [1.807, 2.05) is 56.3 Å². The van der Waals surface area contributed by atoms with Gasteiger partial charge in [-0.05, 0) is 52.0 Å². The Hall–Kier alpha value is -2.16. The van der Waals surface area contributed by atoms with Crippen LogP contribution in [-0.4, -0.2) is 18.9 Å². The van der Waals surface area contributed by atoms with Gasteiger partial charge in [-0.3, -0.25) is 0 Å². The van der Waals surface area contributed by atoms with E-state index in [1.54, 1.807) is 0 Å². The second-order valence-corrected chi connectivity index (χ2v) is 5.45. The molecule has 0 heterocycles. The van der Waals surface area contributed by atoms with Crippen LogP contribution in [-0.2, 0) is 0 Å². The highest BCUT2D eigenvalue weighted by Gasteiger charge is 2.16. The molecule has 0 aliphatic rings. The van der Waals surface area contributed by atoms with Gasteiger partial charge in [0.1, 0.15) is 0 Å². The van der Waals surface area contributed by atoms with Crippen molar-refractivity contribution in [3.8, 4) is 11.5 Å². The average molecular weight is 299 g/mol. The zero-order chi connectivity index (χ0) is 15.9. The molecule has 0 aliphatic carbocycles. The first-order valence-corrected chi connectivity index (χ1v) is 7.85. The molecule has 0 aliphatic heterocycles. The van der Waals surface area contributed by atoms with Crippen molar-refractivity contribution in [2.24, 2.45) is 0 Å². The number of hydrogen-bond acceptors (Lipinski definition) is 3. The number of para-hydroxylation sites is 3. The van der Waals surface area contributed by atoms with E-state index in [1.165, 1.54) is 0 Å². The molecule has 0 aromatic heterocycles. The van der Waals surface area contributed by atoms with Gasteiger partial charge in [0.2, 0.25) is 0 Å². The average Bonchev–Trinajstić information content (AvgIpc) is 2.50. The maximum Gasteiger partial charge on any atom is 0.169 e. The summed E-state index contributed by atoms with van der Waals surface area (Å²) in [6.45, 7) is 9.09. The number of rotatable bonds is 7. The Labute approximate surface area is 133 Å². The molecular weight excluding hydrogens is 274 g/mol. The highest BCUT2D eigenvalue weighted by Crippen LogP contribution is 2.29. The first-order valence-electron chi connectivity index (χ1n) is 7.85. The minimum atomic E-state index is -0.0793. The molecule has 2 aromatic rings. The van der Waals surface area contributed by atoms with Gasteiger partial charge in [0.25, 0.3) is 0 Å². The smallest absolute Gasteiger partial charge is 0.169 e. The van der Waals surface area contributed by atoms with Gasteiger partial charge in [0.05, 0.1) is 6.10 Å². The van der Waals surface area contributed by atoms with Crippen LogP contribution in [0.2, 0.25) is 0 Å². The predicted octanol–water partition coefficient (Wildman–Crippen LogP) is 4.73. The number of nitrogens with zero attached hydrogens (tertiary/aromatic N) is 1. The third kappa shape index (κ3) is 4.17. The topological polar surface area (TPSA) is 21.7 Å². The maximum absolute atomic E-state index is 6.15. The Morgan fingerprint density at radius 1 is 0.818 bits per heavy atom. The molecule has 118 valence electrons. The Morgan fingerprint density at radius 3 is 1.91 bits per heavy atom. The van der Waals surface area contributed by atoms with E-state index in [9.17, 15) is 0 Å². The SMILES string of the molecule is CCN(c1ccccc1)C(C)Oc1ccccc1OC(C)C. The summed E-state index contributed by atoms with van der Waals surface area (Å²) in [5.41, 5.74) is 1.15. The molecule has 1 atom stereocenters. The molecule has 1 unspecified atom stereocenters. The Balaban J connectivity index is 2.15. The lowest BCUT2D eigenvalue weighted by atomic mass is 10.2. The second-order valence-electron chi connectivity index (χ2n) is 5.45. The van der Waals surface area contributed by atoms with Gasteiger partial charge in [-0.1, -0.05) is 30.3 Å². The van der Waals surface area contributed by atoms with Gasteiger partial charge >= 0.3 is 0 Å². The van der Waals surface area contributed by atoms with Crippen molar-refractivity contribution in [2.75, 3.05) is 11.4 Å². The van der Waals surface area contributed by atoms with Crippen molar-refractivity contribution in [2.45, 2.75) is 40.0 Å². The summed E-state index contributed by atoms with van der Waals surface area (Å²) in [6, 6.07) is 18.1. The first-order chi connectivity index (χ1) is 10.6. The van der Waals surface area contributed by atoms with Crippen molar-refractivity contribution in [3.05, 3.63) is 54.6 Å². The highest BCUT2D eigenvalue weighted by molar-refractivity contribution is 5.47. The van der Waals surface area contributed by atoms with Crippen LogP contribution in [0, 0.1) is 0 Å². The molecule has 0 radical (unpaired) electrons. The Morgan fingerprint density at radius 2 is 1.36 bits per heavy atom. The molecule has 2 rings (SSSR count). The van der Waals surface area contributed by atoms with Crippen molar-refractivity contribution >= 4 is 5.69 Å². The molecule has 0 amide bonds. The Bertz CT molecular complexity index is 569. The van der Waals surface area contributed by atoms with Crippen LogP contribution in [0.5, 0.6) is 11.5 Å². The largest absolute Gasteiger partial charge is 0.487 e. The maximum atomic E-state index is 6.15. The zero-order valence-corrected chi connectivity index (χ0v) is 13.8. The van der Waals surface area contributed by atoms with Crippen LogP contribution in [0.25, 0.3) is 0 Å². The van der Waals surface area contributed by atoms with Gasteiger partial charge in [0, 0.05) is 12.2 Å². The van der Waals surface area contributed by atoms with E-state index < -0.39 is 0 Å². The predicted molar refractivity (Wildman–Crippen MR) is 91.8 cm³/mol. The second kappa shape index (κ2) is 7.74. The van der Waals surface area contributed by atoms with Crippen molar-refractivity contribution in [3.63, 3.8) is 0 Å². The number of benzene rings is 2. The molecule has 0 spiro atoms. The molecule has 3 heteroatoms. The molecule has 22 heavy (non-hydrogen) atoms. The fourth-order valence-electron chi connectivity index (χ4n) is 2.42. The molecular formula is C19H25NO2. The van der Waals surface area contributed by atoms with Crippen LogP contribution in [0.1, 0.15) is 27.7 Å². The monoisotopic (exact) mass is 299 g/mol. The molecule has 0 N–H and O–H groups in total. The van der Waals surface area contributed by atoms with E-state index in [4.69, 9.17) is 9.47 Å². The van der Waals surface area contributed by atoms with Crippen molar-refractivity contribution < 1.29 is 9.47 Å². The van der Waals surface area contributed by atoms with E-state index >= 15 is 0 Å². The standard InChI is InChI=1S/C19H25NO2/c1-5-20(17-11-7-6-8-12-17)16(4)22-19-14-10-9-13-18(19)21-15(2)3/h6-16H,5H2,1-4H3. The third-order valence-corrected chi connectivity index (χ3v) is 3.38. The number of ether oxygens (including phenoxy) is 2. The summed E-state index contributed by atoms with van der Waals surface area (Å²) in [4.78, 5) is 2.21. The lowest BCUT2D eigenvalue weighted by Crippen LogP contribution is -2.37. The van der Waals surface area contributed by atoms with Gasteiger partial charge in [-0.15, -0.1) is 0 Å². The minimum Gasteiger partial charge on any atom is -0.487 e. The van der Waals surface area contributed by atoms with Crippen LogP contribution >= 0.6 is 0 Å². The summed E-state index contributed by atoms with van der Waals surface area (Å²) >= 11 is 0. The number of anilines is 1. The van der Waals surface area contributed by atoms with Crippen molar-refractivity contribution in [1.82, 2.24) is 0 Å². The Kier molecular flexibility index (Phi) is 5.70. The third-order valence-electron chi connectivity index (χ3n) is 3.38. The summed E-state index contributed by atoms with van der Waals surface area (Å²) in [7, 11) is 0. The van der Waals surface area contributed by atoms with Crippen LogP contribution < -0.4 is 14.4 Å². The molecule has 0 saturated heterocycles. The molecule has 3 nitrogen and oxygen atoms in total. The quantitative estimate of drug-likeness (QED) is 0.690. The first kappa shape index (κ1) is 16.2. The van der Waals surface area contributed by atoms with E-state index in [2.05, 4.69) is 30.9 Å².